The molecule has 1 aliphatic heterocycles. The average molecular weight is 248 g/mol. The van der Waals surface area contributed by atoms with Crippen molar-refractivity contribution in [2.45, 2.75) is 57.7 Å². The number of pyridine rings is 1. The van der Waals surface area contributed by atoms with E-state index in [-0.39, 0.29) is 11.1 Å². The standard InChI is InChI=1S/C14H24N4/c1-13(2)8-10(9-14(3,4)18-13)17-12-11(15)6-5-7-16-12/h5-7,10,18H,8-9,15H2,1-4H3,(H,16,17). The van der Waals surface area contributed by atoms with Gasteiger partial charge in [-0.2, -0.15) is 0 Å². The molecule has 18 heavy (non-hydrogen) atoms. The van der Waals surface area contributed by atoms with Gasteiger partial charge in [-0.15, -0.1) is 0 Å². The molecule has 100 valence electrons. The van der Waals surface area contributed by atoms with E-state index in [4.69, 9.17) is 5.73 Å². The SMILES string of the molecule is CC1(C)CC(Nc2ncccc2N)CC(C)(C)N1. The molecule has 0 aromatic carbocycles. The highest BCUT2D eigenvalue weighted by molar-refractivity contribution is 5.60. The van der Waals surface area contributed by atoms with Crippen molar-refractivity contribution in [3.05, 3.63) is 18.3 Å². The molecule has 0 unspecified atom stereocenters. The number of nitrogens with two attached hydrogens (primary N) is 1. The Morgan fingerprint density at radius 1 is 1.28 bits per heavy atom. The molecule has 1 aromatic rings. The molecule has 0 bridgehead atoms. The number of hydrogen-bond donors (Lipinski definition) is 3. The summed E-state index contributed by atoms with van der Waals surface area (Å²) in [6.45, 7) is 8.96. The van der Waals surface area contributed by atoms with Gasteiger partial charge in [0.05, 0.1) is 5.69 Å². The zero-order valence-electron chi connectivity index (χ0n) is 11.7. The van der Waals surface area contributed by atoms with Gasteiger partial charge in [-0.25, -0.2) is 4.98 Å². The third-order valence-corrected chi connectivity index (χ3v) is 3.37. The minimum absolute atomic E-state index is 0.128. The van der Waals surface area contributed by atoms with Crippen LogP contribution in [0.3, 0.4) is 0 Å². The number of rotatable bonds is 2. The Kier molecular flexibility index (Phi) is 3.23. The Labute approximate surface area is 109 Å². The van der Waals surface area contributed by atoms with Crippen molar-refractivity contribution >= 4 is 11.5 Å². The highest BCUT2D eigenvalue weighted by atomic mass is 15.1. The first-order chi connectivity index (χ1) is 8.27. The first kappa shape index (κ1) is 13.1. The average Bonchev–Trinajstić information content (AvgIpc) is 2.16. The number of nitrogens with zero attached hydrogens (tertiary/aromatic N) is 1. The lowest BCUT2D eigenvalue weighted by Crippen LogP contribution is -2.60. The quantitative estimate of drug-likeness (QED) is 0.752. The van der Waals surface area contributed by atoms with Crippen LogP contribution in [0.1, 0.15) is 40.5 Å². The third kappa shape index (κ3) is 3.13. The minimum Gasteiger partial charge on any atom is -0.396 e. The van der Waals surface area contributed by atoms with Gasteiger partial charge >= 0.3 is 0 Å². The van der Waals surface area contributed by atoms with Crippen LogP contribution in [-0.4, -0.2) is 22.1 Å². The number of piperidine rings is 1. The lowest BCUT2D eigenvalue weighted by atomic mass is 9.79. The van der Waals surface area contributed by atoms with Crippen molar-refractivity contribution in [2.75, 3.05) is 11.1 Å². The van der Waals surface area contributed by atoms with Crippen molar-refractivity contribution in [2.24, 2.45) is 0 Å². The molecular weight excluding hydrogens is 224 g/mol. The number of anilines is 2. The summed E-state index contributed by atoms with van der Waals surface area (Å²) in [6.07, 6.45) is 3.90. The van der Waals surface area contributed by atoms with Crippen LogP contribution in [0.2, 0.25) is 0 Å². The molecule has 0 saturated carbocycles. The second-order valence-corrected chi connectivity index (χ2v) is 6.58. The number of nitrogens with one attached hydrogen (secondary N) is 2. The smallest absolute Gasteiger partial charge is 0.149 e. The van der Waals surface area contributed by atoms with Gasteiger partial charge < -0.3 is 16.4 Å². The molecule has 1 saturated heterocycles. The van der Waals surface area contributed by atoms with Gasteiger partial charge in [-0.1, -0.05) is 0 Å². The van der Waals surface area contributed by atoms with E-state index in [0.717, 1.165) is 18.7 Å². The van der Waals surface area contributed by atoms with Crippen molar-refractivity contribution in [1.82, 2.24) is 10.3 Å². The van der Waals surface area contributed by atoms with Gasteiger partial charge in [0.25, 0.3) is 0 Å². The van der Waals surface area contributed by atoms with Crippen LogP contribution in [0.4, 0.5) is 11.5 Å². The van der Waals surface area contributed by atoms with Crippen LogP contribution < -0.4 is 16.4 Å². The minimum atomic E-state index is 0.128. The molecule has 1 fully saturated rings. The van der Waals surface area contributed by atoms with Crippen molar-refractivity contribution < 1.29 is 0 Å². The van der Waals surface area contributed by atoms with Gasteiger partial charge in [-0.3, -0.25) is 0 Å². The fourth-order valence-electron chi connectivity index (χ4n) is 3.16. The molecule has 0 radical (unpaired) electrons. The normalized spacial score (nSPS) is 22.7. The number of nitrogen functional groups attached to an aromatic ring is 1. The van der Waals surface area contributed by atoms with Crippen LogP contribution in [0.5, 0.6) is 0 Å². The summed E-state index contributed by atoms with van der Waals surface area (Å²) in [5, 5.41) is 7.15. The van der Waals surface area contributed by atoms with E-state index >= 15 is 0 Å². The summed E-state index contributed by atoms with van der Waals surface area (Å²) in [4.78, 5) is 4.31. The first-order valence-electron chi connectivity index (χ1n) is 6.54. The van der Waals surface area contributed by atoms with Crippen LogP contribution in [0.25, 0.3) is 0 Å². The molecule has 0 atom stereocenters. The van der Waals surface area contributed by atoms with Crippen molar-refractivity contribution in [3.63, 3.8) is 0 Å². The van der Waals surface area contributed by atoms with Crippen LogP contribution in [-0.2, 0) is 0 Å². The van der Waals surface area contributed by atoms with Crippen LogP contribution in [0, 0.1) is 0 Å². The molecule has 0 spiro atoms. The summed E-state index contributed by atoms with van der Waals surface area (Å²) < 4.78 is 0. The summed E-state index contributed by atoms with van der Waals surface area (Å²) in [6, 6.07) is 4.14. The maximum Gasteiger partial charge on any atom is 0.149 e. The van der Waals surface area contributed by atoms with Gasteiger partial charge in [-0.05, 0) is 52.7 Å². The summed E-state index contributed by atoms with van der Waals surface area (Å²) in [5.74, 6) is 0.802. The molecule has 4 N–H and O–H groups in total. The molecule has 1 aromatic heterocycles. The first-order valence-corrected chi connectivity index (χ1v) is 6.54. The van der Waals surface area contributed by atoms with Crippen molar-refractivity contribution in [3.8, 4) is 0 Å². The van der Waals surface area contributed by atoms with Crippen molar-refractivity contribution in [1.29, 1.82) is 0 Å². The Balaban J connectivity index is 2.12. The summed E-state index contributed by atoms with van der Waals surface area (Å²) in [5.41, 5.74) is 6.90. The van der Waals surface area contributed by atoms with Crippen LogP contribution in [0.15, 0.2) is 18.3 Å². The lowest BCUT2D eigenvalue weighted by Gasteiger charge is -2.46. The highest BCUT2D eigenvalue weighted by Gasteiger charge is 2.37. The zero-order chi connectivity index (χ0) is 13.4. The Morgan fingerprint density at radius 3 is 2.44 bits per heavy atom. The van der Waals surface area contributed by atoms with Gasteiger partial charge in [0.1, 0.15) is 5.82 Å². The molecule has 4 heteroatoms. The van der Waals surface area contributed by atoms with Gasteiger partial charge in [0.15, 0.2) is 0 Å². The number of aromatic nitrogens is 1. The fourth-order valence-corrected chi connectivity index (χ4v) is 3.16. The molecule has 1 aliphatic rings. The van der Waals surface area contributed by atoms with E-state index in [1.807, 2.05) is 12.1 Å². The Morgan fingerprint density at radius 2 is 1.89 bits per heavy atom. The molecule has 2 heterocycles. The zero-order valence-corrected chi connectivity index (χ0v) is 11.7. The fraction of sp³-hybridized carbons (Fsp3) is 0.643. The van der Waals surface area contributed by atoms with Gasteiger partial charge in [0, 0.05) is 23.3 Å². The van der Waals surface area contributed by atoms with E-state index in [0.29, 0.717) is 11.7 Å². The van der Waals surface area contributed by atoms with Gasteiger partial charge in [0.2, 0.25) is 0 Å². The molecule has 4 nitrogen and oxygen atoms in total. The summed E-state index contributed by atoms with van der Waals surface area (Å²) in [7, 11) is 0. The van der Waals surface area contributed by atoms with E-state index in [9.17, 15) is 0 Å². The Bertz CT molecular complexity index is 410. The third-order valence-electron chi connectivity index (χ3n) is 3.37. The highest BCUT2D eigenvalue weighted by Crippen LogP contribution is 2.30. The largest absolute Gasteiger partial charge is 0.396 e. The number of hydrogen-bond acceptors (Lipinski definition) is 4. The second kappa shape index (κ2) is 4.43. The summed E-state index contributed by atoms with van der Waals surface area (Å²) >= 11 is 0. The molecular formula is C14H24N4. The second-order valence-electron chi connectivity index (χ2n) is 6.58. The maximum atomic E-state index is 5.93. The molecule has 0 amide bonds. The maximum absolute atomic E-state index is 5.93. The topological polar surface area (TPSA) is 63.0 Å². The van der Waals surface area contributed by atoms with E-state index in [1.165, 1.54) is 0 Å². The van der Waals surface area contributed by atoms with E-state index < -0.39 is 0 Å². The van der Waals surface area contributed by atoms with Crippen LogP contribution >= 0.6 is 0 Å². The lowest BCUT2D eigenvalue weighted by molar-refractivity contribution is 0.170. The van der Waals surface area contributed by atoms with E-state index in [1.54, 1.807) is 6.20 Å². The predicted molar refractivity (Wildman–Crippen MR) is 76.6 cm³/mol. The molecule has 2 rings (SSSR count). The Hall–Kier alpha value is -1.29. The van der Waals surface area contributed by atoms with E-state index in [2.05, 4.69) is 43.3 Å². The molecule has 0 aliphatic carbocycles. The monoisotopic (exact) mass is 248 g/mol. The predicted octanol–water partition coefficient (Wildman–Crippen LogP) is 2.38.